The molecule has 1 amide bonds. The molecule has 2 fully saturated rings. The molecule has 0 aromatic carbocycles. The van der Waals surface area contributed by atoms with E-state index in [1.165, 1.54) is 16.8 Å². The number of methoxy groups -OCH3 is 1. The van der Waals surface area contributed by atoms with Gasteiger partial charge in [-0.15, -0.1) is 0 Å². The quantitative estimate of drug-likeness (QED) is 0.751. The van der Waals surface area contributed by atoms with Gasteiger partial charge in [0.15, 0.2) is 0 Å². The average molecular weight is 368 g/mol. The van der Waals surface area contributed by atoms with Crippen LogP contribution in [0.15, 0.2) is 12.4 Å². The molecular formula is C16H24N4O4S. The second-order valence-corrected chi connectivity index (χ2v) is 9.07. The number of carbonyl (C=O) groups is 1. The van der Waals surface area contributed by atoms with Crippen molar-refractivity contribution < 1.29 is 17.9 Å². The summed E-state index contributed by atoms with van der Waals surface area (Å²) in [5.74, 6) is -0.102. The fraction of sp³-hybridized carbons (Fsp3) is 0.688. The first kappa shape index (κ1) is 18.2. The summed E-state index contributed by atoms with van der Waals surface area (Å²) in [4.78, 5) is 22.7. The zero-order valence-electron chi connectivity index (χ0n) is 14.8. The number of nitrogens with zero attached hydrogens (tertiary/aromatic N) is 4. The molecule has 25 heavy (non-hydrogen) atoms. The highest BCUT2D eigenvalue weighted by molar-refractivity contribution is 7.88. The van der Waals surface area contributed by atoms with Crippen LogP contribution in [0, 0.1) is 18.3 Å². The normalized spacial score (nSPS) is 27.3. The van der Waals surface area contributed by atoms with Gasteiger partial charge in [0.25, 0.3) is 5.91 Å². The number of aryl methyl sites for hydroxylation is 1. The summed E-state index contributed by atoms with van der Waals surface area (Å²) in [6.07, 6.45) is 5.01. The van der Waals surface area contributed by atoms with Crippen LogP contribution < -0.4 is 0 Å². The van der Waals surface area contributed by atoms with Gasteiger partial charge in [0.1, 0.15) is 5.69 Å². The molecule has 0 bridgehead atoms. The van der Waals surface area contributed by atoms with Gasteiger partial charge in [-0.2, -0.15) is 0 Å². The number of rotatable bonds is 4. The van der Waals surface area contributed by atoms with Crippen molar-refractivity contribution in [2.75, 3.05) is 46.2 Å². The molecule has 3 heterocycles. The SMILES string of the molecule is COC[C@@]12CCN(C(=O)c3cnc(C)cn3)C[C@@H]1CN(S(C)(=O)=O)C2. The fourth-order valence-electron chi connectivity index (χ4n) is 3.86. The zero-order valence-corrected chi connectivity index (χ0v) is 15.6. The van der Waals surface area contributed by atoms with Crippen LogP contribution in [0.5, 0.6) is 0 Å². The van der Waals surface area contributed by atoms with Crippen molar-refractivity contribution in [1.29, 1.82) is 0 Å². The van der Waals surface area contributed by atoms with Gasteiger partial charge < -0.3 is 9.64 Å². The number of hydrogen-bond acceptors (Lipinski definition) is 6. The number of piperidine rings is 1. The molecule has 0 N–H and O–H groups in total. The maximum Gasteiger partial charge on any atom is 0.274 e. The molecule has 0 radical (unpaired) electrons. The maximum atomic E-state index is 12.7. The van der Waals surface area contributed by atoms with Gasteiger partial charge in [0, 0.05) is 44.9 Å². The number of aromatic nitrogens is 2. The number of hydrogen-bond donors (Lipinski definition) is 0. The van der Waals surface area contributed by atoms with Crippen molar-refractivity contribution in [3.63, 3.8) is 0 Å². The predicted molar refractivity (Wildman–Crippen MR) is 91.5 cm³/mol. The Labute approximate surface area is 148 Å². The van der Waals surface area contributed by atoms with Crippen LogP contribution in [0.4, 0.5) is 0 Å². The third-order valence-electron chi connectivity index (χ3n) is 5.29. The van der Waals surface area contributed by atoms with Crippen LogP contribution >= 0.6 is 0 Å². The van der Waals surface area contributed by atoms with E-state index in [4.69, 9.17) is 4.74 Å². The predicted octanol–water partition coefficient (Wildman–Crippen LogP) is 0.155. The molecular weight excluding hydrogens is 344 g/mol. The van der Waals surface area contributed by atoms with Crippen molar-refractivity contribution in [2.45, 2.75) is 13.3 Å². The van der Waals surface area contributed by atoms with E-state index in [1.807, 2.05) is 6.92 Å². The Kier molecular flexibility index (Phi) is 4.82. The van der Waals surface area contributed by atoms with E-state index in [0.717, 1.165) is 5.69 Å². The first-order chi connectivity index (χ1) is 11.7. The summed E-state index contributed by atoms with van der Waals surface area (Å²) in [6.45, 7) is 4.26. The largest absolute Gasteiger partial charge is 0.384 e. The Bertz CT molecular complexity index is 752. The minimum absolute atomic E-state index is 0.0540. The molecule has 9 heteroatoms. The van der Waals surface area contributed by atoms with Gasteiger partial charge in [-0.05, 0) is 19.3 Å². The molecule has 2 aliphatic rings. The first-order valence-electron chi connectivity index (χ1n) is 8.27. The summed E-state index contributed by atoms with van der Waals surface area (Å²) >= 11 is 0. The minimum Gasteiger partial charge on any atom is -0.384 e. The molecule has 2 atom stereocenters. The van der Waals surface area contributed by atoms with Crippen LogP contribution in [-0.4, -0.2) is 79.6 Å². The lowest BCUT2D eigenvalue weighted by Crippen LogP contribution is -2.51. The van der Waals surface area contributed by atoms with Crippen molar-refractivity contribution in [3.05, 3.63) is 23.8 Å². The van der Waals surface area contributed by atoms with Gasteiger partial charge in [-0.3, -0.25) is 9.78 Å². The smallest absolute Gasteiger partial charge is 0.274 e. The summed E-state index contributed by atoms with van der Waals surface area (Å²) < 4.78 is 30.9. The van der Waals surface area contributed by atoms with Gasteiger partial charge >= 0.3 is 0 Å². The number of ether oxygens (including phenoxy) is 1. The highest BCUT2D eigenvalue weighted by Crippen LogP contribution is 2.44. The van der Waals surface area contributed by atoms with Crippen molar-refractivity contribution in [1.82, 2.24) is 19.2 Å². The second-order valence-electron chi connectivity index (χ2n) is 7.09. The monoisotopic (exact) mass is 368 g/mol. The molecule has 8 nitrogen and oxygen atoms in total. The Balaban J connectivity index is 1.79. The van der Waals surface area contributed by atoms with E-state index in [1.54, 1.807) is 18.2 Å². The molecule has 0 spiro atoms. The molecule has 0 aliphatic carbocycles. The van der Waals surface area contributed by atoms with Crippen LogP contribution in [0.2, 0.25) is 0 Å². The van der Waals surface area contributed by atoms with E-state index in [9.17, 15) is 13.2 Å². The molecule has 3 rings (SSSR count). The fourth-order valence-corrected chi connectivity index (χ4v) is 4.80. The topological polar surface area (TPSA) is 92.7 Å². The number of carbonyl (C=O) groups excluding carboxylic acids is 1. The van der Waals surface area contributed by atoms with Crippen molar-refractivity contribution >= 4 is 15.9 Å². The van der Waals surface area contributed by atoms with Crippen LogP contribution in [0.1, 0.15) is 22.6 Å². The minimum atomic E-state index is -3.26. The van der Waals surface area contributed by atoms with Gasteiger partial charge in [0.2, 0.25) is 10.0 Å². The lowest BCUT2D eigenvalue weighted by molar-refractivity contribution is 0.00321. The molecule has 2 aliphatic heterocycles. The second kappa shape index (κ2) is 6.62. The number of fused-ring (bicyclic) bond motifs is 1. The highest BCUT2D eigenvalue weighted by atomic mass is 32.2. The zero-order chi connectivity index (χ0) is 18.2. The standard InChI is InChI=1S/C16H24N4O4S/c1-12-6-18-14(7-17-12)15(21)19-5-4-16(11-24-2)10-20(25(3,22)23)9-13(16)8-19/h6-7,13H,4-5,8-11H2,1-3H3/t13-,16+/m1/s1. The Hall–Kier alpha value is -1.58. The van der Waals surface area contributed by atoms with Crippen molar-refractivity contribution in [2.24, 2.45) is 11.3 Å². The maximum absolute atomic E-state index is 12.7. The van der Waals surface area contributed by atoms with Crippen LogP contribution in [0.25, 0.3) is 0 Å². The van der Waals surface area contributed by atoms with E-state index in [-0.39, 0.29) is 17.2 Å². The molecule has 1 aromatic rings. The first-order valence-corrected chi connectivity index (χ1v) is 10.1. The van der Waals surface area contributed by atoms with Gasteiger partial charge in [-0.25, -0.2) is 17.7 Å². The Morgan fingerprint density at radius 3 is 2.72 bits per heavy atom. The summed E-state index contributed by atoms with van der Waals surface area (Å²) in [5, 5.41) is 0. The Morgan fingerprint density at radius 2 is 2.12 bits per heavy atom. The molecule has 0 saturated carbocycles. The van der Waals surface area contributed by atoms with E-state index >= 15 is 0 Å². The average Bonchev–Trinajstić information content (AvgIpc) is 2.94. The molecule has 2 saturated heterocycles. The third kappa shape index (κ3) is 3.54. The molecule has 1 aromatic heterocycles. The lowest BCUT2D eigenvalue weighted by atomic mass is 9.73. The number of sulfonamides is 1. The van der Waals surface area contributed by atoms with Crippen molar-refractivity contribution in [3.8, 4) is 0 Å². The number of amides is 1. The molecule has 138 valence electrons. The Morgan fingerprint density at radius 1 is 1.36 bits per heavy atom. The van der Waals surface area contributed by atoms with Crippen LogP contribution in [-0.2, 0) is 14.8 Å². The van der Waals surface area contributed by atoms with E-state index in [0.29, 0.717) is 44.9 Å². The lowest BCUT2D eigenvalue weighted by Gasteiger charge is -2.43. The van der Waals surface area contributed by atoms with E-state index in [2.05, 4.69) is 9.97 Å². The number of likely N-dealkylation sites (tertiary alicyclic amines) is 1. The van der Waals surface area contributed by atoms with Gasteiger partial charge in [-0.1, -0.05) is 0 Å². The summed E-state index contributed by atoms with van der Waals surface area (Å²) in [5.41, 5.74) is 0.852. The molecule has 0 unspecified atom stereocenters. The van der Waals surface area contributed by atoms with Gasteiger partial charge in [0.05, 0.1) is 24.8 Å². The third-order valence-corrected chi connectivity index (χ3v) is 6.51. The summed E-state index contributed by atoms with van der Waals surface area (Å²) in [6, 6.07) is 0. The highest BCUT2D eigenvalue weighted by Gasteiger charge is 2.52. The van der Waals surface area contributed by atoms with E-state index < -0.39 is 10.0 Å². The van der Waals surface area contributed by atoms with Crippen LogP contribution in [0.3, 0.4) is 0 Å². The summed E-state index contributed by atoms with van der Waals surface area (Å²) in [7, 11) is -1.63.